The smallest absolute Gasteiger partial charge is 0.335 e. The van der Waals surface area contributed by atoms with Crippen molar-refractivity contribution in [2.45, 2.75) is 27.2 Å². The fourth-order valence-electron chi connectivity index (χ4n) is 1.48. The van der Waals surface area contributed by atoms with E-state index in [4.69, 9.17) is 5.11 Å². The third-order valence-corrected chi connectivity index (χ3v) is 3.13. The summed E-state index contributed by atoms with van der Waals surface area (Å²) in [6, 6.07) is 3.31. The molecule has 0 aliphatic rings. The molecule has 1 amide bonds. The second-order valence-electron chi connectivity index (χ2n) is 4.97. The van der Waals surface area contributed by atoms with Crippen LogP contribution in [-0.2, 0) is 4.79 Å². The highest BCUT2D eigenvalue weighted by Crippen LogP contribution is 2.19. The predicted octanol–water partition coefficient (Wildman–Crippen LogP) is 3.14. The van der Waals surface area contributed by atoms with Crippen molar-refractivity contribution in [1.82, 2.24) is 0 Å². The first-order valence-electron chi connectivity index (χ1n) is 6.14. The van der Waals surface area contributed by atoms with Crippen molar-refractivity contribution >= 4 is 17.6 Å². The van der Waals surface area contributed by atoms with Crippen LogP contribution in [-0.4, -0.2) is 17.0 Å². The van der Waals surface area contributed by atoms with Crippen LogP contribution < -0.4 is 5.32 Å². The molecule has 0 saturated heterocycles. The van der Waals surface area contributed by atoms with E-state index < -0.39 is 11.8 Å². The summed E-state index contributed by atoms with van der Waals surface area (Å²) in [5.74, 6) is -1.60. The van der Waals surface area contributed by atoms with Crippen molar-refractivity contribution in [2.75, 3.05) is 5.32 Å². The second kappa shape index (κ2) is 6.31. The van der Waals surface area contributed by atoms with E-state index in [-0.39, 0.29) is 29.5 Å². The van der Waals surface area contributed by atoms with Gasteiger partial charge in [-0.1, -0.05) is 20.8 Å². The summed E-state index contributed by atoms with van der Waals surface area (Å²) in [6.45, 7) is 5.95. The number of nitrogens with one attached hydrogen (secondary N) is 1. The van der Waals surface area contributed by atoms with E-state index in [1.165, 1.54) is 0 Å². The molecule has 19 heavy (non-hydrogen) atoms. The number of aromatic carboxylic acids is 1. The van der Waals surface area contributed by atoms with Gasteiger partial charge in [0.1, 0.15) is 5.82 Å². The van der Waals surface area contributed by atoms with Gasteiger partial charge >= 0.3 is 5.97 Å². The Morgan fingerprint density at radius 3 is 2.47 bits per heavy atom. The molecule has 0 bridgehead atoms. The fraction of sp³-hybridized carbons (Fsp3) is 0.429. The first-order valence-corrected chi connectivity index (χ1v) is 6.14. The van der Waals surface area contributed by atoms with E-state index in [1.807, 2.05) is 20.8 Å². The van der Waals surface area contributed by atoms with Gasteiger partial charge < -0.3 is 10.4 Å². The Bertz CT molecular complexity index is 486. The van der Waals surface area contributed by atoms with Crippen molar-refractivity contribution in [3.05, 3.63) is 29.6 Å². The quantitative estimate of drug-likeness (QED) is 0.861. The Morgan fingerprint density at radius 1 is 1.32 bits per heavy atom. The maximum absolute atomic E-state index is 13.5. The Morgan fingerprint density at radius 2 is 1.95 bits per heavy atom. The van der Waals surface area contributed by atoms with Crippen molar-refractivity contribution in [3.8, 4) is 0 Å². The lowest BCUT2D eigenvalue weighted by Crippen LogP contribution is -2.18. The summed E-state index contributed by atoms with van der Waals surface area (Å²) in [5, 5.41) is 11.2. The van der Waals surface area contributed by atoms with Gasteiger partial charge in [0, 0.05) is 6.42 Å². The van der Waals surface area contributed by atoms with Crippen LogP contribution in [0.15, 0.2) is 18.2 Å². The van der Waals surface area contributed by atoms with E-state index in [0.29, 0.717) is 5.92 Å². The molecule has 1 atom stereocenters. The highest BCUT2D eigenvalue weighted by Gasteiger charge is 2.15. The average molecular weight is 267 g/mol. The molecule has 0 radical (unpaired) electrons. The minimum absolute atomic E-state index is 0.0615. The zero-order chi connectivity index (χ0) is 14.6. The molecule has 0 saturated carbocycles. The van der Waals surface area contributed by atoms with Crippen molar-refractivity contribution < 1.29 is 19.1 Å². The van der Waals surface area contributed by atoms with Gasteiger partial charge in [0.25, 0.3) is 0 Å². The number of anilines is 1. The summed E-state index contributed by atoms with van der Waals surface area (Å²) < 4.78 is 13.5. The topological polar surface area (TPSA) is 66.4 Å². The van der Waals surface area contributed by atoms with Crippen LogP contribution in [0.3, 0.4) is 0 Å². The number of carboxylic acid groups (broad SMARTS) is 1. The van der Waals surface area contributed by atoms with Crippen LogP contribution >= 0.6 is 0 Å². The van der Waals surface area contributed by atoms with Crippen LogP contribution in [0.25, 0.3) is 0 Å². The zero-order valence-corrected chi connectivity index (χ0v) is 11.2. The molecule has 1 rings (SSSR count). The number of benzene rings is 1. The number of carbonyl (C=O) groups is 2. The molecule has 0 fully saturated rings. The Labute approximate surface area is 111 Å². The molecule has 1 unspecified atom stereocenters. The maximum Gasteiger partial charge on any atom is 0.335 e. The molecule has 0 spiro atoms. The van der Waals surface area contributed by atoms with Crippen LogP contribution in [0.2, 0.25) is 0 Å². The summed E-state index contributed by atoms with van der Waals surface area (Å²) >= 11 is 0. The van der Waals surface area contributed by atoms with Gasteiger partial charge in [-0.05, 0) is 30.0 Å². The maximum atomic E-state index is 13.5. The minimum atomic E-state index is -1.16. The summed E-state index contributed by atoms with van der Waals surface area (Å²) in [6.07, 6.45) is 0.272. The van der Waals surface area contributed by atoms with E-state index in [1.54, 1.807) is 0 Å². The van der Waals surface area contributed by atoms with Crippen LogP contribution in [0.1, 0.15) is 37.6 Å². The monoisotopic (exact) mass is 267 g/mol. The molecule has 0 heterocycles. The largest absolute Gasteiger partial charge is 0.478 e. The Hall–Kier alpha value is -1.91. The standard InChI is InChI=1S/C14H18FNO3/c1-8(2)9(3)6-13(17)16-12-7-10(14(18)19)4-5-11(12)15/h4-5,7-9H,6H2,1-3H3,(H,16,17)(H,18,19). The van der Waals surface area contributed by atoms with Crippen molar-refractivity contribution in [2.24, 2.45) is 11.8 Å². The highest BCUT2D eigenvalue weighted by atomic mass is 19.1. The van der Waals surface area contributed by atoms with Crippen LogP contribution in [0.5, 0.6) is 0 Å². The number of hydrogen-bond acceptors (Lipinski definition) is 2. The van der Waals surface area contributed by atoms with Gasteiger partial charge in [0.05, 0.1) is 11.3 Å². The van der Waals surface area contributed by atoms with Crippen molar-refractivity contribution in [3.63, 3.8) is 0 Å². The Kier molecular flexibility index (Phi) is 5.03. The molecular formula is C14H18FNO3. The molecule has 0 aliphatic carbocycles. The SMILES string of the molecule is CC(C)C(C)CC(=O)Nc1cc(C(=O)O)ccc1F. The van der Waals surface area contributed by atoms with Crippen molar-refractivity contribution in [1.29, 1.82) is 0 Å². The molecule has 104 valence electrons. The lowest BCUT2D eigenvalue weighted by Gasteiger charge is -2.15. The fourth-order valence-corrected chi connectivity index (χ4v) is 1.48. The number of carboxylic acids is 1. The van der Waals surface area contributed by atoms with Gasteiger partial charge in [-0.15, -0.1) is 0 Å². The van der Waals surface area contributed by atoms with Gasteiger partial charge in [-0.2, -0.15) is 0 Å². The lowest BCUT2D eigenvalue weighted by atomic mass is 9.94. The Balaban J connectivity index is 2.79. The number of hydrogen-bond donors (Lipinski definition) is 2. The van der Waals surface area contributed by atoms with E-state index in [2.05, 4.69) is 5.32 Å². The molecule has 1 aromatic rings. The molecule has 2 N–H and O–H groups in total. The first kappa shape index (κ1) is 15.1. The lowest BCUT2D eigenvalue weighted by molar-refractivity contribution is -0.117. The van der Waals surface area contributed by atoms with E-state index in [9.17, 15) is 14.0 Å². The van der Waals surface area contributed by atoms with Gasteiger partial charge in [0.15, 0.2) is 0 Å². The second-order valence-corrected chi connectivity index (χ2v) is 4.97. The predicted molar refractivity (Wildman–Crippen MR) is 70.6 cm³/mol. The molecule has 4 nitrogen and oxygen atoms in total. The molecular weight excluding hydrogens is 249 g/mol. The molecule has 0 aliphatic heterocycles. The van der Waals surface area contributed by atoms with Crippen LogP contribution in [0, 0.1) is 17.7 Å². The summed E-state index contributed by atoms with van der Waals surface area (Å²) in [5.41, 5.74) is -0.158. The van der Waals surface area contributed by atoms with Gasteiger partial charge in [0.2, 0.25) is 5.91 Å². The third kappa shape index (κ3) is 4.35. The van der Waals surface area contributed by atoms with Crippen LogP contribution in [0.4, 0.5) is 10.1 Å². The highest BCUT2D eigenvalue weighted by molar-refractivity contribution is 5.94. The normalized spacial score (nSPS) is 12.3. The average Bonchev–Trinajstić information content (AvgIpc) is 2.31. The van der Waals surface area contributed by atoms with E-state index >= 15 is 0 Å². The molecule has 5 heteroatoms. The number of rotatable bonds is 5. The number of amides is 1. The minimum Gasteiger partial charge on any atom is -0.478 e. The number of carbonyl (C=O) groups excluding carboxylic acids is 1. The summed E-state index contributed by atoms with van der Waals surface area (Å²) in [4.78, 5) is 22.5. The molecule has 0 aromatic heterocycles. The third-order valence-electron chi connectivity index (χ3n) is 3.13. The number of halogens is 1. The van der Waals surface area contributed by atoms with E-state index in [0.717, 1.165) is 18.2 Å². The first-order chi connectivity index (χ1) is 8.81. The molecule has 1 aromatic carbocycles. The summed E-state index contributed by atoms with van der Waals surface area (Å²) in [7, 11) is 0. The zero-order valence-electron chi connectivity index (χ0n) is 11.2. The van der Waals surface area contributed by atoms with Gasteiger partial charge in [-0.3, -0.25) is 4.79 Å². The van der Waals surface area contributed by atoms with Gasteiger partial charge in [-0.25, -0.2) is 9.18 Å².